The van der Waals surface area contributed by atoms with Crippen molar-refractivity contribution in [3.63, 3.8) is 0 Å². The van der Waals surface area contributed by atoms with Crippen LogP contribution in [0.1, 0.15) is 23.6 Å². The van der Waals surface area contributed by atoms with E-state index in [1.165, 1.54) is 5.56 Å². The van der Waals surface area contributed by atoms with Crippen molar-refractivity contribution in [3.05, 3.63) is 53.6 Å². The molecule has 1 aliphatic heterocycles. The van der Waals surface area contributed by atoms with E-state index in [0.29, 0.717) is 6.04 Å². The molecular formula is C18H21NO3. The van der Waals surface area contributed by atoms with Gasteiger partial charge < -0.3 is 19.5 Å². The highest BCUT2D eigenvalue weighted by molar-refractivity contribution is 5.41. The van der Waals surface area contributed by atoms with Gasteiger partial charge in [-0.3, -0.25) is 0 Å². The molecule has 2 aromatic carbocycles. The fourth-order valence-corrected chi connectivity index (χ4v) is 2.79. The summed E-state index contributed by atoms with van der Waals surface area (Å²) in [6, 6.07) is 14.4. The van der Waals surface area contributed by atoms with Gasteiger partial charge in [-0.2, -0.15) is 0 Å². The number of para-hydroxylation sites is 1. The minimum absolute atomic E-state index is 0.303. The smallest absolute Gasteiger partial charge is 0.127 e. The molecule has 2 aromatic rings. The van der Waals surface area contributed by atoms with Gasteiger partial charge in [0, 0.05) is 36.2 Å². The van der Waals surface area contributed by atoms with Crippen LogP contribution in [0.15, 0.2) is 42.5 Å². The number of rotatable bonds is 5. The average molecular weight is 299 g/mol. The SMILES string of the molecule is COc1ccc(CNC2CCOc3ccccc32)c(OC)c1. The van der Waals surface area contributed by atoms with Gasteiger partial charge in [0.05, 0.1) is 20.8 Å². The summed E-state index contributed by atoms with van der Waals surface area (Å²) in [4.78, 5) is 0. The van der Waals surface area contributed by atoms with Gasteiger partial charge in [0.1, 0.15) is 17.2 Å². The molecule has 1 atom stereocenters. The molecule has 1 aliphatic rings. The van der Waals surface area contributed by atoms with Gasteiger partial charge in [-0.15, -0.1) is 0 Å². The van der Waals surface area contributed by atoms with Gasteiger partial charge in [0.15, 0.2) is 0 Å². The Kier molecular flexibility index (Phi) is 4.49. The molecule has 22 heavy (non-hydrogen) atoms. The van der Waals surface area contributed by atoms with E-state index in [1.807, 2.05) is 30.3 Å². The molecule has 0 fully saturated rings. The van der Waals surface area contributed by atoms with E-state index in [0.717, 1.165) is 42.4 Å². The van der Waals surface area contributed by atoms with E-state index >= 15 is 0 Å². The third-order valence-electron chi connectivity index (χ3n) is 3.99. The van der Waals surface area contributed by atoms with Crippen LogP contribution in [0, 0.1) is 0 Å². The van der Waals surface area contributed by atoms with E-state index in [1.54, 1.807) is 14.2 Å². The molecule has 116 valence electrons. The first-order valence-corrected chi connectivity index (χ1v) is 7.48. The molecule has 0 radical (unpaired) electrons. The minimum Gasteiger partial charge on any atom is -0.497 e. The second kappa shape index (κ2) is 6.71. The zero-order valence-corrected chi connectivity index (χ0v) is 13.0. The first-order valence-electron chi connectivity index (χ1n) is 7.48. The molecule has 0 saturated heterocycles. The maximum Gasteiger partial charge on any atom is 0.127 e. The van der Waals surface area contributed by atoms with E-state index in [4.69, 9.17) is 14.2 Å². The Bertz CT molecular complexity index is 642. The molecule has 0 spiro atoms. The zero-order chi connectivity index (χ0) is 15.4. The zero-order valence-electron chi connectivity index (χ0n) is 13.0. The summed E-state index contributed by atoms with van der Waals surface area (Å²) < 4.78 is 16.4. The molecule has 1 N–H and O–H groups in total. The second-order valence-electron chi connectivity index (χ2n) is 5.29. The minimum atomic E-state index is 0.303. The van der Waals surface area contributed by atoms with Crippen molar-refractivity contribution < 1.29 is 14.2 Å². The predicted octanol–water partition coefficient (Wildman–Crippen LogP) is 3.32. The first-order chi connectivity index (χ1) is 10.8. The summed E-state index contributed by atoms with van der Waals surface area (Å²) in [7, 11) is 3.34. The standard InChI is InChI=1S/C18H21NO3/c1-20-14-8-7-13(18(11-14)21-2)12-19-16-9-10-22-17-6-4-3-5-15(16)17/h3-8,11,16,19H,9-10,12H2,1-2H3. The van der Waals surface area contributed by atoms with E-state index in [-0.39, 0.29) is 0 Å². The van der Waals surface area contributed by atoms with Crippen LogP contribution in [0.25, 0.3) is 0 Å². The average Bonchev–Trinajstić information content (AvgIpc) is 2.59. The Morgan fingerprint density at radius 2 is 2.00 bits per heavy atom. The number of hydrogen-bond donors (Lipinski definition) is 1. The Hall–Kier alpha value is -2.20. The lowest BCUT2D eigenvalue weighted by molar-refractivity contribution is 0.252. The monoisotopic (exact) mass is 299 g/mol. The Morgan fingerprint density at radius 1 is 1.14 bits per heavy atom. The highest BCUT2D eigenvalue weighted by atomic mass is 16.5. The molecule has 1 unspecified atom stereocenters. The Labute approximate surface area is 131 Å². The van der Waals surface area contributed by atoms with Crippen LogP contribution in [0.4, 0.5) is 0 Å². The van der Waals surface area contributed by atoms with Crippen LogP contribution >= 0.6 is 0 Å². The third kappa shape index (κ3) is 3.02. The van der Waals surface area contributed by atoms with Gasteiger partial charge in [-0.1, -0.05) is 24.3 Å². The van der Waals surface area contributed by atoms with Crippen LogP contribution in [0.3, 0.4) is 0 Å². The predicted molar refractivity (Wildman–Crippen MR) is 85.7 cm³/mol. The largest absolute Gasteiger partial charge is 0.497 e. The Balaban J connectivity index is 1.73. The second-order valence-corrected chi connectivity index (χ2v) is 5.29. The van der Waals surface area contributed by atoms with Crippen molar-refractivity contribution in [2.24, 2.45) is 0 Å². The number of benzene rings is 2. The maximum absolute atomic E-state index is 5.70. The molecule has 4 heteroatoms. The van der Waals surface area contributed by atoms with Crippen LogP contribution in [0.2, 0.25) is 0 Å². The van der Waals surface area contributed by atoms with Gasteiger partial charge in [-0.25, -0.2) is 0 Å². The summed E-state index contributed by atoms with van der Waals surface area (Å²) in [5.74, 6) is 2.62. The van der Waals surface area contributed by atoms with Crippen molar-refractivity contribution >= 4 is 0 Å². The van der Waals surface area contributed by atoms with Gasteiger partial charge in [0.2, 0.25) is 0 Å². The van der Waals surface area contributed by atoms with Crippen molar-refractivity contribution in [2.45, 2.75) is 19.0 Å². The fourth-order valence-electron chi connectivity index (χ4n) is 2.79. The molecule has 0 aromatic heterocycles. The van der Waals surface area contributed by atoms with Crippen LogP contribution in [-0.2, 0) is 6.54 Å². The normalized spacial score (nSPS) is 16.5. The van der Waals surface area contributed by atoms with E-state index in [9.17, 15) is 0 Å². The van der Waals surface area contributed by atoms with Crippen LogP contribution in [-0.4, -0.2) is 20.8 Å². The summed E-state index contributed by atoms with van der Waals surface area (Å²) in [6.07, 6.45) is 0.968. The molecular weight excluding hydrogens is 278 g/mol. The molecule has 1 heterocycles. The van der Waals surface area contributed by atoms with Crippen molar-refractivity contribution in [2.75, 3.05) is 20.8 Å². The van der Waals surface area contributed by atoms with E-state index < -0.39 is 0 Å². The molecule has 0 amide bonds. The third-order valence-corrected chi connectivity index (χ3v) is 3.99. The van der Waals surface area contributed by atoms with Gasteiger partial charge in [-0.05, 0) is 12.1 Å². The number of fused-ring (bicyclic) bond motifs is 1. The lowest BCUT2D eigenvalue weighted by Crippen LogP contribution is -2.26. The Morgan fingerprint density at radius 3 is 2.82 bits per heavy atom. The quantitative estimate of drug-likeness (QED) is 0.919. The van der Waals surface area contributed by atoms with Gasteiger partial charge >= 0.3 is 0 Å². The topological polar surface area (TPSA) is 39.7 Å². The number of nitrogens with one attached hydrogen (secondary N) is 1. The number of hydrogen-bond acceptors (Lipinski definition) is 4. The number of methoxy groups -OCH3 is 2. The highest BCUT2D eigenvalue weighted by Crippen LogP contribution is 2.32. The molecule has 0 saturated carbocycles. The number of ether oxygens (including phenoxy) is 3. The summed E-state index contributed by atoms with van der Waals surface area (Å²) in [5, 5.41) is 3.61. The molecule has 4 nitrogen and oxygen atoms in total. The van der Waals surface area contributed by atoms with E-state index in [2.05, 4.69) is 17.4 Å². The van der Waals surface area contributed by atoms with Crippen molar-refractivity contribution in [3.8, 4) is 17.2 Å². The summed E-state index contributed by atoms with van der Waals surface area (Å²) in [6.45, 7) is 1.49. The molecule has 0 bridgehead atoms. The summed E-state index contributed by atoms with van der Waals surface area (Å²) in [5.41, 5.74) is 2.34. The fraction of sp³-hybridized carbons (Fsp3) is 0.333. The molecule has 0 aliphatic carbocycles. The van der Waals surface area contributed by atoms with Crippen molar-refractivity contribution in [1.82, 2.24) is 5.32 Å². The van der Waals surface area contributed by atoms with Crippen LogP contribution < -0.4 is 19.5 Å². The highest BCUT2D eigenvalue weighted by Gasteiger charge is 2.20. The maximum atomic E-state index is 5.70. The van der Waals surface area contributed by atoms with Crippen LogP contribution in [0.5, 0.6) is 17.2 Å². The first kappa shape index (κ1) is 14.7. The lowest BCUT2D eigenvalue weighted by Gasteiger charge is -2.27. The van der Waals surface area contributed by atoms with Crippen molar-refractivity contribution in [1.29, 1.82) is 0 Å². The summed E-state index contributed by atoms with van der Waals surface area (Å²) >= 11 is 0. The lowest BCUT2D eigenvalue weighted by atomic mass is 10.0. The van der Waals surface area contributed by atoms with Gasteiger partial charge in [0.25, 0.3) is 0 Å². The molecule has 3 rings (SSSR count).